The fraction of sp³-hybridized carbons (Fsp3) is 0.520. The Morgan fingerprint density at radius 3 is 2.69 bits per heavy atom. The van der Waals surface area contributed by atoms with Crippen molar-refractivity contribution in [2.45, 2.75) is 43.9 Å². The second-order valence-electron chi connectivity index (χ2n) is 9.13. The van der Waals surface area contributed by atoms with E-state index in [1.165, 1.54) is 16.9 Å². The van der Waals surface area contributed by atoms with E-state index in [2.05, 4.69) is 17.4 Å². The lowest BCUT2D eigenvalue weighted by Crippen LogP contribution is -2.47. The van der Waals surface area contributed by atoms with Gasteiger partial charge in [-0.15, -0.1) is 11.3 Å². The molecule has 2 fully saturated rings. The van der Waals surface area contributed by atoms with E-state index >= 15 is 0 Å². The maximum absolute atomic E-state index is 13.1. The van der Waals surface area contributed by atoms with Crippen molar-refractivity contribution in [1.82, 2.24) is 10.2 Å². The first-order valence-electron chi connectivity index (χ1n) is 11.7. The average Bonchev–Trinajstić information content (AvgIpc) is 3.55. The summed E-state index contributed by atoms with van der Waals surface area (Å²) in [6.45, 7) is 3.01. The summed E-state index contributed by atoms with van der Waals surface area (Å²) in [5, 5.41) is 5.18. The lowest BCUT2D eigenvalue weighted by atomic mass is 9.78. The highest BCUT2D eigenvalue weighted by atomic mass is 32.1. The number of carbonyl (C=O) groups excluding carboxylic acids is 2. The molecule has 3 heterocycles. The van der Waals surface area contributed by atoms with Crippen LogP contribution in [-0.4, -0.2) is 49.6 Å². The van der Waals surface area contributed by atoms with Crippen molar-refractivity contribution in [1.29, 1.82) is 0 Å². The highest BCUT2D eigenvalue weighted by Crippen LogP contribution is 2.44. The van der Waals surface area contributed by atoms with Gasteiger partial charge in [-0.3, -0.25) is 9.59 Å². The second-order valence-corrected chi connectivity index (χ2v) is 10.1. The summed E-state index contributed by atoms with van der Waals surface area (Å²) in [4.78, 5) is 28.4. The van der Waals surface area contributed by atoms with E-state index in [4.69, 9.17) is 9.47 Å². The molecule has 0 spiro atoms. The summed E-state index contributed by atoms with van der Waals surface area (Å²) in [6, 6.07) is 9.99. The number of amides is 2. The number of likely N-dealkylation sites (tertiary alicyclic amines) is 1. The molecule has 1 unspecified atom stereocenters. The molecule has 1 N–H and O–H groups in total. The lowest BCUT2D eigenvalue weighted by molar-refractivity contribution is -0.126. The summed E-state index contributed by atoms with van der Waals surface area (Å²) in [5.41, 5.74) is 1.16. The van der Waals surface area contributed by atoms with Crippen LogP contribution < -0.4 is 14.8 Å². The number of piperidine rings is 1. The van der Waals surface area contributed by atoms with Crippen molar-refractivity contribution in [3.05, 3.63) is 46.2 Å². The van der Waals surface area contributed by atoms with E-state index < -0.39 is 0 Å². The zero-order valence-electron chi connectivity index (χ0n) is 18.3. The Bertz CT molecular complexity index is 968. The number of rotatable bonds is 5. The molecule has 3 aliphatic rings. The summed E-state index contributed by atoms with van der Waals surface area (Å²) >= 11 is 1.46. The van der Waals surface area contributed by atoms with Crippen molar-refractivity contribution < 1.29 is 19.1 Å². The van der Waals surface area contributed by atoms with Crippen molar-refractivity contribution in [3.63, 3.8) is 0 Å². The average molecular weight is 455 g/mol. The third-order valence-corrected chi connectivity index (χ3v) is 7.99. The van der Waals surface area contributed by atoms with Crippen LogP contribution in [0.15, 0.2) is 35.7 Å². The molecule has 2 aliphatic heterocycles. The largest absolute Gasteiger partial charge is 0.486 e. The van der Waals surface area contributed by atoms with Crippen LogP contribution in [0.4, 0.5) is 0 Å². The molecule has 1 aromatic carbocycles. The summed E-state index contributed by atoms with van der Waals surface area (Å²) in [7, 11) is 0. The van der Waals surface area contributed by atoms with Crippen LogP contribution in [0.3, 0.4) is 0 Å². The Morgan fingerprint density at radius 1 is 1.09 bits per heavy atom. The van der Waals surface area contributed by atoms with Crippen molar-refractivity contribution >= 4 is 23.2 Å². The lowest BCUT2D eigenvalue weighted by Gasteiger charge is -2.34. The van der Waals surface area contributed by atoms with Gasteiger partial charge >= 0.3 is 0 Å². The first kappa shape index (κ1) is 21.3. The number of hydrogen-bond donors (Lipinski definition) is 1. The molecular formula is C25H30N2O4S. The van der Waals surface area contributed by atoms with Crippen LogP contribution in [-0.2, 0) is 10.2 Å². The fourth-order valence-electron chi connectivity index (χ4n) is 5.32. The van der Waals surface area contributed by atoms with Crippen LogP contribution in [0, 0.1) is 5.92 Å². The Balaban J connectivity index is 1.25. The summed E-state index contributed by atoms with van der Waals surface area (Å²) in [6.07, 6.45) is 6.13. The van der Waals surface area contributed by atoms with Gasteiger partial charge in [0.1, 0.15) is 13.2 Å². The molecule has 1 aromatic heterocycles. The molecule has 1 aliphatic carbocycles. The molecule has 170 valence electrons. The van der Waals surface area contributed by atoms with Gasteiger partial charge in [-0.05, 0) is 54.8 Å². The van der Waals surface area contributed by atoms with E-state index in [0.29, 0.717) is 26.3 Å². The number of nitrogens with zero attached hydrogens (tertiary/aromatic N) is 1. The van der Waals surface area contributed by atoms with Gasteiger partial charge < -0.3 is 19.7 Å². The topological polar surface area (TPSA) is 67.9 Å². The van der Waals surface area contributed by atoms with E-state index in [0.717, 1.165) is 61.4 Å². The van der Waals surface area contributed by atoms with Gasteiger partial charge in [0.2, 0.25) is 5.91 Å². The maximum Gasteiger partial charge on any atom is 0.263 e. The first-order valence-corrected chi connectivity index (χ1v) is 12.5. The molecule has 5 rings (SSSR count). The number of hydrogen-bond acceptors (Lipinski definition) is 5. The third kappa shape index (κ3) is 4.22. The smallest absolute Gasteiger partial charge is 0.263 e. The zero-order chi connectivity index (χ0) is 22.0. The molecule has 7 heteroatoms. The van der Waals surface area contributed by atoms with Crippen molar-refractivity contribution in [3.8, 4) is 11.5 Å². The minimum Gasteiger partial charge on any atom is -0.486 e. The third-order valence-electron chi connectivity index (χ3n) is 7.13. The van der Waals surface area contributed by atoms with E-state index in [1.54, 1.807) is 0 Å². The highest BCUT2D eigenvalue weighted by molar-refractivity contribution is 7.12. The van der Waals surface area contributed by atoms with Crippen molar-refractivity contribution in [2.24, 2.45) is 5.92 Å². The molecule has 0 bridgehead atoms. The minimum absolute atomic E-state index is 0.0426. The van der Waals surface area contributed by atoms with E-state index in [-0.39, 0.29) is 23.1 Å². The predicted octanol–water partition coefficient (Wildman–Crippen LogP) is 4.00. The van der Waals surface area contributed by atoms with E-state index in [9.17, 15) is 9.59 Å². The zero-order valence-corrected chi connectivity index (χ0v) is 19.1. The molecule has 6 nitrogen and oxygen atoms in total. The first-order chi connectivity index (χ1) is 15.6. The normalized spacial score (nSPS) is 21.9. The number of fused-ring (bicyclic) bond motifs is 1. The molecule has 1 saturated carbocycles. The van der Waals surface area contributed by atoms with Gasteiger partial charge in [0.05, 0.1) is 10.8 Å². The molecular weight excluding hydrogens is 424 g/mol. The summed E-state index contributed by atoms with van der Waals surface area (Å²) in [5.74, 6) is 1.57. The molecule has 1 atom stereocenters. The molecule has 32 heavy (non-hydrogen) atoms. The Labute approximate surface area is 192 Å². The quantitative estimate of drug-likeness (QED) is 0.742. The number of benzene rings is 1. The molecule has 0 radical (unpaired) electrons. The predicted molar refractivity (Wildman–Crippen MR) is 124 cm³/mol. The van der Waals surface area contributed by atoms with Gasteiger partial charge in [-0.25, -0.2) is 0 Å². The van der Waals surface area contributed by atoms with Gasteiger partial charge in [0, 0.05) is 25.0 Å². The Morgan fingerprint density at radius 2 is 1.91 bits per heavy atom. The number of carbonyl (C=O) groups is 2. The number of thiophene rings is 1. The fourth-order valence-corrected chi connectivity index (χ4v) is 6.02. The van der Waals surface area contributed by atoms with Gasteiger partial charge in [0.15, 0.2) is 11.5 Å². The van der Waals surface area contributed by atoms with Crippen LogP contribution in [0.1, 0.15) is 53.8 Å². The minimum atomic E-state index is -0.147. The van der Waals surface area contributed by atoms with Crippen LogP contribution in [0.25, 0.3) is 0 Å². The SMILES string of the molecule is O=C(NCC1(c2ccc3c(c2)OCCO3)CCCC1)C1CCCN(C(=O)c2cccs2)C1. The number of nitrogens with one attached hydrogen (secondary N) is 1. The van der Waals surface area contributed by atoms with Crippen LogP contribution >= 0.6 is 11.3 Å². The van der Waals surface area contributed by atoms with Gasteiger partial charge in [0.25, 0.3) is 5.91 Å². The Kier molecular flexibility index (Phi) is 6.09. The van der Waals surface area contributed by atoms with Crippen molar-refractivity contribution in [2.75, 3.05) is 32.8 Å². The van der Waals surface area contributed by atoms with Gasteiger partial charge in [-0.2, -0.15) is 0 Å². The Hall–Kier alpha value is -2.54. The number of ether oxygens (including phenoxy) is 2. The molecule has 2 amide bonds. The standard InChI is InChI=1S/C25H30N2O4S/c28-23(18-5-3-11-27(16-18)24(29)22-6-4-14-32-22)26-17-25(9-1-2-10-25)19-7-8-20-21(15-19)31-13-12-30-20/h4,6-8,14-15,18H,1-3,5,9-13,16-17H2,(H,26,28). The maximum atomic E-state index is 13.1. The highest BCUT2D eigenvalue weighted by Gasteiger charge is 2.38. The van der Waals surface area contributed by atoms with Crippen LogP contribution in [0.5, 0.6) is 11.5 Å². The molecule has 1 saturated heterocycles. The second kappa shape index (κ2) is 9.14. The monoisotopic (exact) mass is 454 g/mol. The van der Waals surface area contributed by atoms with Crippen LogP contribution in [0.2, 0.25) is 0 Å². The molecule has 2 aromatic rings. The van der Waals surface area contributed by atoms with Gasteiger partial charge in [-0.1, -0.05) is 25.0 Å². The van der Waals surface area contributed by atoms with E-state index in [1.807, 2.05) is 28.5 Å². The summed E-state index contributed by atoms with van der Waals surface area (Å²) < 4.78 is 11.5.